The molecule has 0 fully saturated rings. The van der Waals surface area contributed by atoms with Gasteiger partial charge in [-0.2, -0.15) is 0 Å². The third-order valence-electron chi connectivity index (χ3n) is 3.41. The highest BCUT2D eigenvalue weighted by Gasteiger charge is 2.21. The molecule has 0 amide bonds. The zero-order valence-corrected chi connectivity index (χ0v) is 14.0. The molecule has 0 radical (unpaired) electrons. The Morgan fingerprint density at radius 2 is 1.85 bits per heavy atom. The highest BCUT2D eigenvalue weighted by Crippen LogP contribution is 2.34. The van der Waals surface area contributed by atoms with Crippen LogP contribution in [0, 0.1) is 5.92 Å². The summed E-state index contributed by atoms with van der Waals surface area (Å²) in [5.41, 5.74) is 8.78. The van der Waals surface area contributed by atoms with Gasteiger partial charge in [0.25, 0.3) is 0 Å². The van der Waals surface area contributed by atoms with Gasteiger partial charge in [0.05, 0.1) is 6.61 Å². The maximum absolute atomic E-state index is 6.25. The second-order valence-corrected chi connectivity index (χ2v) is 7.11. The average molecular weight is 277 g/mol. The lowest BCUT2D eigenvalue weighted by atomic mass is 9.84. The molecule has 0 aromatic heterocycles. The topological polar surface area (TPSA) is 35.2 Å². The SMILES string of the molecule is CCCC(N)c1ccc(OCC(C)C)c(C(C)(C)C)c1. The van der Waals surface area contributed by atoms with Crippen molar-refractivity contribution in [1.82, 2.24) is 0 Å². The van der Waals surface area contributed by atoms with Crippen LogP contribution < -0.4 is 10.5 Å². The Hall–Kier alpha value is -1.02. The van der Waals surface area contributed by atoms with E-state index in [2.05, 4.69) is 59.7 Å². The molecule has 0 aliphatic rings. The van der Waals surface area contributed by atoms with Crippen LogP contribution in [0.15, 0.2) is 18.2 Å². The van der Waals surface area contributed by atoms with E-state index >= 15 is 0 Å². The van der Waals surface area contributed by atoms with Crippen molar-refractivity contribution >= 4 is 0 Å². The summed E-state index contributed by atoms with van der Waals surface area (Å²) in [5.74, 6) is 1.53. The van der Waals surface area contributed by atoms with Crippen molar-refractivity contribution in [3.8, 4) is 5.75 Å². The Morgan fingerprint density at radius 1 is 1.20 bits per heavy atom. The quantitative estimate of drug-likeness (QED) is 0.809. The number of benzene rings is 1. The van der Waals surface area contributed by atoms with E-state index in [-0.39, 0.29) is 11.5 Å². The van der Waals surface area contributed by atoms with Crippen molar-refractivity contribution in [1.29, 1.82) is 0 Å². The first kappa shape index (κ1) is 17.0. The predicted octanol–water partition coefficient (Wildman–Crippen LogP) is 4.82. The van der Waals surface area contributed by atoms with Crippen LogP contribution in [0.4, 0.5) is 0 Å². The molecule has 1 unspecified atom stereocenters. The van der Waals surface area contributed by atoms with Gasteiger partial charge in [-0.3, -0.25) is 0 Å². The highest BCUT2D eigenvalue weighted by atomic mass is 16.5. The maximum Gasteiger partial charge on any atom is 0.123 e. The van der Waals surface area contributed by atoms with Gasteiger partial charge in [-0.15, -0.1) is 0 Å². The van der Waals surface area contributed by atoms with Crippen molar-refractivity contribution in [2.45, 2.75) is 65.8 Å². The van der Waals surface area contributed by atoms with Gasteiger partial charge >= 0.3 is 0 Å². The predicted molar refractivity (Wildman–Crippen MR) is 87.3 cm³/mol. The summed E-state index contributed by atoms with van der Waals surface area (Å²) in [7, 11) is 0. The molecule has 0 aliphatic carbocycles. The third kappa shape index (κ3) is 4.82. The van der Waals surface area contributed by atoms with Gasteiger partial charge in [0.1, 0.15) is 5.75 Å². The molecule has 114 valence electrons. The van der Waals surface area contributed by atoms with Crippen LogP contribution in [-0.4, -0.2) is 6.61 Å². The van der Waals surface area contributed by atoms with E-state index in [0.717, 1.165) is 25.2 Å². The first-order valence-corrected chi connectivity index (χ1v) is 7.78. The molecular weight excluding hydrogens is 246 g/mol. The molecule has 0 aliphatic heterocycles. The second-order valence-electron chi connectivity index (χ2n) is 7.11. The molecule has 2 heteroatoms. The molecule has 0 heterocycles. The van der Waals surface area contributed by atoms with Crippen molar-refractivity contribution in [3.63, 3.8) is 0 Å². The molecule has 0 spiro atoms. The van der Waals surface area contributed by atoms with Gasteiger partial charge in [-0.25, -0.2) is 0 Å². The molecule has 1 rings (SSSR count). The Morgan fingerprint density at radius 3 is 2.35 bits per heavy atom. The molecule has 2 N–H and O–H groups in total. The molecule has 0 saturated carbocycles. The van der Waals surface area contributed by atoms with Gasteiger partial charge in [0.15, 0.2) is 0 Å². The summed E-state index contributed by atoms with van der Waals surface area (Å²) in [6.07, 6.45) is 2.13. The summed E-state index contributed by atoms with van der Waals surface area (Å²) in [5, 5.41) is 0. The molecular formula is C18H31NO. The molecule has 1 atom stereocenters. The van der Waals surface area contributed by atoms with Gasteiger partial charge in [-0.05, 0) is 34.9 Å². The summed E-state index contributed by atoms with van der Waals surface area (Å²) in [4.78, 5) is 0. The fraction of sp³-hybridized carbons (Fsp3) is 0.667. The smallest absolute Gasteiger partial charge is 0.123 e. The minimum Gasteiger partial charge on any atom is -0.493 e. The minimum atomic E-state index is 0.0637. The van der Waals surface area contributed by atoms with E-state index in [1.807, 2.05) is 0 Å². The standard InChI is InChI=1S/C18H31NO/c1-7-8-16(19)14-9-10-17(20-12-13(2)3)15(11-14)18(4,5)6/h9-11,13,16H,7-8,12,19H2,1-6H3. The average Bonchev–Trinajstić information content (AvgIpc) is 2.35. The molecule has 20 heavy (non-hydrogen) atoms. The van der Waals surface area contributed by atoms with E-state index in [0.29, 0.717) is 5.92 Å². The number of nitrogens with two attached hydrogens (primary N) is 1. The summed E-state index contributed by atoms with van der Waals surface area (Å²) < 4.78 is 5.98. The van der Waals surface area contributed by atoms with Crippen LogP contribution in [-0.2, 0) is 5.41 Å². The summed E-state index contributed by atoms with van der Waals surface area (Å²) in [6.45, 7) is 13.9. The molecule has 2 nitrogen and oxygen atoms in total. The highest BCUT2D eigenvalue weighted by molar-refractivity contribution is 5.42. The Bertz CT molecular complexity index is 418. The number of hydrogen-bond donors (Lipinski definition) is 1. The van der Waals surface area contributed by atoms with Gasteiger partial charge in [-0.1, -0.05) is 60.1 Å². The fourth-order valence-electron chi connectivity index (χ4n) is 2.22. The van der Waals surface area contributed by atoms with Crippen LogP contribution in [0.1, 0.15) is 71.6 Å². The zero-order valence-electron chi connectivity index (χ0n) is 14.0. The van der Waals surface area contributed by atoms with Gasteiger partial charge < -0.3 is 10.5 Å². The van der Waals surface area contributed by atoms with Gasteiger partial charge in [0.2, 0.25) is 0 Å². The van der Waals surface area contributed by atoms with Gasteiger partial charge in [0, 0.05) is 6.04 Å². The summed E-state index contributed by atoms with van der Waals surface area (Å²) >= 11 is 0. The molecule has 1 aromatic carbocycles. The van der Waals surface area contributed by atoms with E-state index in [4.69, 9.17) is 10.5 Å². The lowest BCUT2D eigenvalue weighted by Gasteiger charge is -2.25. The Labute approximate surface area is 124 Å². The van der Waals surface area contributed by atoms with E-state index in [9.17, 15) is 0 Å². The Kier molecular flexibility index (Phi) is 6.07. The van der Waals surface area contributed by atoms with Crippen molar-refractivity contribution < 1.29 is 4.74 Å². The van der Waals surface area contributed by atoms with Crippen LogP contribution in [0.25, 0.3) is 0 Å². The van der Waals surface area contributed by atoms with Crippen molar-refractivity contribution in [2.75, 3.05) is 6.61 Å². The first-order valence-electron chi connectivity index (χ1n) is 7.78. The number of rotatable bonds is 6. The monoisotopic (exact) mass is 277 g/mol. The molecule has 1 aromatic rings. The van der Waals surface area contributed by atoms with Crippen molar-refractivity contribution in [2.24, 2.45) is 11.7 Å². The lowest BCUT2D eigenvalue weighted by molar-refractivity contribution is 0.264. The Balaban J connectivity index is 3.07. The van der Waals surface area contributed by atoms with E-state index < -0.39 is 0 Å². The molecule has 0 saturated heterocycles. The third-order valence-corrected chi connectivity index (χ3v) is 3.41. The number of hydrogen-bond acceptors (Lipinski definition) is 2. The fourth-order valence-corrected chi connectivity index (χ4v) is 2.22. The zero-order chi connectivity index (χ0) is 15.3. The van der Waals surface area contributed by atoms with E-state index in [1.165, 1.54) is 11.1 Å². The molecule has 0 bridgehead atoms. The van der Waals surface area contributed by atoms with Crippen LogP contribution in [0.5, 0.6) is 5.75 Å². The second kappa shape index (κ2) is 7.12. The largest absolute Gasteiger partial charge is 0.493 e. The summed E-state index contributed by atoms with van der Waals surface area (Å²) in [6, 6.07) is 6.56. The number of ether oxygens (including phenoxy) is 1. The van der Waals surface area contributed by atoms with Crippen LogP contribution in [0.2, 0.25) is 0 Å². The van der Waals surface area contributed by atoms with Crippen molar-refractivity contribution in [3.05, 3.63) is 29.3 Å². The first-order chi connectivity index (χ1) is 9.25. The lowest BCUT2D eigenvalue weighted by Crippen LogP contribution is -2.17. The minimum absolute atomic E-state index is 0.0637. The van der Waals surface area contributed by atoms with Crippen LogP contribution >= 0.6 is 0 Å². The van der Waals surface area contributed by atoms with Crippen LogP contribution in [0.3, 0.4) is 0 Å². The van der Waals surface area contributed by atoms with E-state index in [1.54, 1.807) is 0 Å². The maximum atomic E-state index is 6.25. The normalized spacial score (nSPS) is 13.6.